The molecule has 0 aliphatic carbocycles. The van der Waals surface area contributed by atoms with Crippen molar-refractivity contribution < 1.29 is 13.2 Å². The summed E-state index contributed by atoms with van der Waals surface area (Å²) in [6, 6.07) is 12.0. The van der Waals surface area contributed by atoms with Gasteiger partial charge in [-0.05, 0) is 86.2 Å². The monoisotopic (exact) mass is 472 g/mol. The Kier molecular flexibility index (Phi) is 5.90. The van der Waals surface area contributed by atoms with Crippen molar-refractivity contribution in [3.63, 3.8) is 0 Å². The van der Waals surface area contributed by atoms with Crippen molar-refractivity contribution in [2.45, 2.75) is 38.1 Å². The van der Waals surface area contributed by atoms with Crippen LogP contribution in [0.3, 0.4) is 0 Å². The van der Waals surface area contributed by atoms with Crippen LogP contribution >= 0.6 is 22.6 Å². The fourth-order valence-corrected chi connectivity index (χ4v) is 4.23. The zero-order valence-corrected chi connectivity index (χ0v) is 17.5. The summed E-state index contributed by atoms with van der Waals surface area (Å²) in [5.74, 6) is -0.340. The molecule has 0 atom stereocenters. The van der Waals surface area contributed by atoms with E-state index in [1.54, 1.807) is 39.8 Å². The number of nitrogens with one attached hydrogen (secondary N) is 2. The summed E-state index contributed by atoms with van der Waals surface area (Å²) in [6.45, 7) is 7.08. The van der Waals surface area contributed by atoms with Crippen LogP contribution in [-0.2, 0) is 10.0 Å². The standard InChI is InChI=1S/C18H21IN2O3S/c1-12-8-9-15(25(23,24)21-18(2,3)4)11-16(12)17(22)20-14-7-5-6-13(19)10-14/h5-11,21H,1-4H3,(H,20,22). The van der Waals surface area contributed by atoms with Gasteiger partial charge >= 0.3 is 0 Å². The number of carbonyl (C=O) groups is 1. The molecule has 25 heavy (non-hydrogen) atoms. The molecule has 0 unspecified atom stereocenters. The summed E-state index contributed by atoms with van der Waals surface area (Å²) in [6.07, 6.45) is 0. The number of halogens is 1. The minimum atomic E-state index is -3.70. The third-order valence-electron chi connectivity index (χ3n) is 3.29. The van der Waals surface area contributed by atoms with Crippen LogP contribution in [0.1, 0.15) is 36.7 Å². The molecule has 7 heteroatoms. The van der Waals surface area contributed by atoms with Gasteiger partial charge in [-0.15, -0.1) is 0 Å². The van der Waals surface area contributed by atoms with E-state index >= 15 is 0 Å². The minimum absolute atomic E-state index is 0.0702. The highest BCUT2D eigenvalue weighted by Crippen LogP contribution is 2.20. The fourth-order valence-electron chi connectivity index (χ4n) is 2.24. The predicted octanol–water partition coefficient (Wildman–Crippen LogP) is 3.93. The smallest absolute Gasteiger partial charge is 0.255 e. The van der Waals surface area contributed by atoms with E-state index in [0.717, 1.165) is 3.57 Å². The summed E-state index contributed by atoms with van der Waals surface area (Å²) in [7, 11) is -3.70. The Morgan fingerprint density at radius 2 is 1.76 bits per heavy atom. The lowest BCUT2D eigenvalue weighted by Crippen LogP contribution is -2.40. The molecule has 1 amide bonds. The lowest BCUT2D eigenvalue weighted by Gasteiger charge is -2.20. The summed E-state index contributed by atoms with van der Waals surface area (Å²) in [5, 5.41) is 2.81. The Morgan fingerprint density at radius 1 is 1.08 bits per heavy atom. The second kappa shape index (κ2) is 7.43. The Balaban J connectivity index is 2.34. The normalized spacial score (nSPS) is 12.0. The quantitative estimate of drug-likeness (QED) is 0.663. The molecular weight excluding hydrogens is 451 g/mol. The van der Waals surface area contributed by atoms with Crippen LogP contribution in [0.2, 0.25) is 0 Å². The van der Waals surface area contributed by atoms with Crippen LogP contribution in [0.4, 0.5) is 5.69 Å². The molecule has 0 saturated carbocycles. The first-order valence-electron chi connectivity index (χ1n) is 7.69. The Hall–Kier alpha value is -1.45. The van der Waals surface area contributed by atoms with E-state index in [1.165, 1.54) is 12.1 Å². The second-order valence-corrected chi connectivity index (χ2v) is 9.72. The number of anilines is 1. The summed E-state index contributed by atoms with van der Waals surface area (Å²) in [5.41, 5.74) is 1.10. The van der Waals surface area contributed by atoms with E-state index in [0.29, 0.717) is 16.8 Å². The maximum absolute atomic E-state index is 12.6. The van der Waals surface area contributed by atoms with Gasteiger partial charge in [0.15, 0.2) is 0 Å². The van der Waals surface area contributed by atoms with E-state index in [-0.39, 0.29) is 10.8 Å². The number of aryl methyl sites for hydroxylation is 1. The first kappa shape index (κ1) is 19.9. The first-order valence-corrected chi connectivity index (χ1v) is 10.3. The Labute approximate surface area is 162 Å². The highest BCUT2D eigenvalue weighted by molar-refractivity contribution is 14.1. The van der Waals surface area contributed by atoms with E-state index in [9.17, 15) is 13.2 Å². The maximum atomic E-state index is 12.6. The van der Waals surface area contributed by atoms with Crippen LogP contribution in [0.15, 0.2) is 47.4 Å². The van der Waals surface area contributed by atoms with Crippen LogP contribution in [0, 0.1) is 10.5 Å². The summed E-state index contributed by atoms with van der Waals surface area (Å²) < 4.78 is 28.6. The molecule has 0 saturated heterocycles. The molecule has 134 valence electrons. The van der Waals surface area contributed by atoms with E-state index in [4.69, 9.17) is 0 Å². The average Bonchev–Trinajstić information content (AvgIpc) is 2.44. The van der Waals surface area contributed by atoms with Crippen LogP contribution in [0.5, 0.6) is 0 Å². The van der Waals surface area contributed by atoms with Crippen molar-refractivity contribution in [3.8, 4) is 0 Å². The molecule has 2 rings (SSSR count). The lowest BCUT2D eigenvalue weighted by atomic mass is 10.1. The zero-order chi connectivity index (χ0) is 18.8. The van der Waals surface area contributed by atoms with Gasteiger partial charge in [-0.25, -0.2) is 13.1 Å². The molecule has 0 aromatic heterocycles. The number of sulfonamides is 1. The van der Waals surface area contributed by atoms with Crippen molar-refractivity contribution in [1.82, 2.24) is 4.72 Å². The molecule has 0 aliphatic rings. The number of amides is 1. The van der Waals surface area contributed by atoms with Crippen molar-refractivity contribution in [2.24, 2.45) is 0 Å². The van der Waals surface area contributed by atoms with Gasteiger partial charge in [-0.3, -0.25) is 4.79 Å². The first-order chi connectivity index (χ1) is 11.5. The van der Waals surface area contributed by atoms with Crippen LogP contribution < -0.4 is 10.0 Å². The number of hydrogen-bond donors (Lipinski definition) is 2. The van der Waals surface area contributed by atoms with Crippen molar-refractivity contribution in [3.05, 3.63) is 57.2 Å². The van der Waals surface area contributed by atoms with Crippen LogP contribution in [-0.4, -0.2) is 19.9 Å². The van der Waals surface area contributed by atoms with Crippen LogP contribution in [0.25, 0.3) is 0 Å². The molecule has 2 N–H and O–H groups in total. The highest BCUT2D eigenvalue weighted by atomic mass is 127. The third-order valence-corrected chi connectivity index (χ3v) is 5.71. The average molecular weight is 472 g/mol. The van der Waals surface area contributed by atoms with Crippen molar-refractivity contribution in [1.29, 1.82) is 0 Å². The third kappa shape index (κ3) is 5.52. The molecule has 0 radical (unpaired) electrons. The number of rotatable bonds is 4. The van der Waals surface area contributed by atoms with E-state index in [1.807, 2.05) is 18.2 Å². The molecule has 0 heterocycles. The SMILES string of the molecule is Cc1ccc(S(=O)(=O)NC(C)(C)C)cc1C(=O)Nc1cccc(I)c1. The molecule has 5 nitrogen and oxygen atoms in total. The molecule has 2 aromatic carbocycles. The molecule has 0 spiro atoms. The number of hydrogen-bond acceptors (Lipinski definition) is 3. The number of carbonyl (C=O) groups excluding carboxylic acids is 1. The maximum Gasteiger partial charge on any atom is 0.255 e. The topological polar surface area (TPSA) is 75.3 Å². The molecule has 0 fully saturated rings. The lowest BCUT2D eigenvalue weighted by molar-refractivity contribution is 0.102. The highest BCUT2D eigenvalue weighted by Gasteiger charge is 2.23. The van der Waals surface area contributed by atoms with Gasteiger partial charge in [0.2, 0.25) is 10.0 Å². The summed E-state index contributed by atoms with van der Waals surface area (Å²) in [4.78, 5) is 12.7. The van der Waals surface area contributed by atoms with Gasteiger partial charge in [0.05, 0.1) is 4.90 Å². The van der Waals surface area contributed by atoms with Gasteiger partial charge in [-0.1, -0.05) is 12.1 Å². The van der Waals surface area contributed by atoms with E-state index in [2.05, 4.69) is 32.6 Å². The number of benzene rings is 2. The van der Waals surface area contributed by atoms with Gasteiger partial charge in [0, 0.05) is 20.4 Å². The molecule has 2 aromatic rings. The largest absolute Gasteiger partial charge is 0.322 e. The van der Waals surface area contributed by atoms with Crippen molar-refractivity contribution >= 4 is 44.2 Å². The zero-order valence-electron chi connectivity index (χ0n) is 14.6. The molecule has 0 bridgehead atoms. The molecule has 0 aliphatic heterocycles. The van der Waals surface area contributed by atoms with Crippen molar-refractivity contribution in [2.75, 3.05) is 5.32 Å². The minimum Gasteiger partial charge on any atom is -0.322 e. The van der Waals surface area contributed by atoms with E-state index < -0.39 is 15.6 Å². The van der Waals surface area contributed by atoms with Gasteiger partial charge in [-0.2, -0.15) is 0 Å². The fraction of sp³-hybridized carbons (Fsp3) is 0.278. The summed E-state index contributed by atoms with van der Waals surface area (Å²) >= 11 is 2.16. The Bertz CT molecular complexity index is 903. The van der Waals surface area contributed by atoms with Gasteiger partial charge in [0.1, 0.15) is 0 Å². The second-order valence-electron chi connectivity index (χ2n) is 6.80. The van der Waals surface area contributed by atoms with Gasteiger partial charge < -0.3 is 5.32 Å². The van der Waals surface area contributed by atoms with Gasteiger partial charge in [0.25, 0.3) is 5.91 Å². The Morgan fingerprint density at radius 3 is 2.36 bits per heavy atom. The predicted molar refractivity (Wildman–Crippen MR) is 108 cm³/mol. The molecular formula is C18H21IN2O3S.